The summed E-state index contributed by atoms with van der Waals surface area (Å²) in [5.41, 5.74) is 3.20. The molecule has 1 aliphatic rings. The maximum Gasteiger partial charge on any atom is 0.277 e. The second kappa shape index (κ2) is 7.90. The summed E-state index contributed by atoms with van der Waals surface area (Å²) in [5.74, 6) is 0.289. The molecular weight excluding hydrogens is 352 g/mol. The first-order valence-corrected chi connectivity index (χ1v) is 9.48. The molecule has 1 fully saturated rings. The highest BCUT2D eigenvalue weighted by molar-refractivity contribution is 7.99. The zero-order valence-electron chi connectivity index (χ0n) is 15.1. The van der Waals surface area contributed by atoms with E-state index in [4.69, 9.17) is 4.42 Å². The first-order valence-electron chi connectivity index (χ1n) is 8.49. The van der Waals surface area contributed by atoms with Gasteiger partial charge in [0.05, 0.1) is 12.3 Å². The Labute approximate surface area is 156 Å². The first-order chi connectivity index (χ1) is 12.4. The lowest BCUT2D eigenvalue weighted by Crippen LogP contribution is -2.39. The number of hydrogen-bond donors (Lipinski definition) is 1. The van der Waals surface area contributed by atoms with E-state index in [1.54, 1.807) is 7.05 Å². The summed E-state index contributed by atoms with van der Waals surface area (Å²) in [6.07, 6.45) is 2.05. The third kappa shape index (κ3) is 4.85. The Morgan fingerprint density at radius 3 is 2.73 bits per heavy atom. The van der Waals surface area contributed by atoms with Crippen LogP contribution in [-0.4, -0.2) is 52.3 Å². The van der Waals surface area contributed by atoms with Crippen LogP contribution in [0.2, 0.25) is 0 Å². The molecule has 138 valence electrons. The maximum atomic E-state index is 12.1. The molecule has 0 unspecified atom stereocenters. The molecule has 1 N–H and O–H groups in total. The minimum Gasteiger partial charge on any atom is -0.411 e. The van der Waals surface area contributed by atoms with Gasteiger partial charge in [0.25, 0.3) is 5.22 Å². The highest BCUT2D eigenvalue weighted by Gasteiger charge is 2.24. The van der Waals surface area contributed by atoms with Gasteiger partial charge in [-0.05, 0) is 49.9 Å². The third-order valence-corrected chi connectivity index (χ3v) is 5.03. The van der Waals surface area contributed by atoms with Crippen molar-refractivity contribution in [1.82, 2.24) is 20.4 Å². The van der Waals surface area contributed by atoms with E-state index >= 15 is 0 Å². The van der Waals surface area contributed by atoms with E-state index in [-0.39, 0.29) is 24.1 Å². The van der Waals surface area contributed by atoms with Gasteiger partial charge in [-0.1, -0.05) is 17.8 Å². The second-order valence-corrected chi connectivity index (χ2v) is 7.48. The first kappa shape index (κ1) is 18.4. The lowest BCUT2D eigenvalue weighted by Gasteiger charge is -2.15. The molecule has 7 nitrogen and oxygen atoms in total. The highest BCUT2D eigenvalue weighted by Crippen LogP contribution is 2.25. The van der Waals surface area contributed by atoms with Crippen LogP contribution in [-0.2, 0) is 9.59 Å². The molecule has 0 bridgehead atoms. The lowest BCUT2D eigenvalue weighted by molar-refractivity contribution is -0.132. The largest absolute Gasteiger partial charge is 0.411 e. The molecule has 2 aromatic rings. The van der Waals surface area contributed by atoms with Crippen LogP contribution in [0.25, 0.3) is 11.5 Å². The normalized spacial score (nSPS) is 13.5. The van der Waals surface area contributed by atoms with Crippen LogP contribution < -0.4 is 5.32 Å². The van der Waals surface area contributed by atoms with E-state index in [2.05, 4.69) is 15.5 Å². The van der Waals surface area contributed by atoms with Gasteiger partial charge in [0, 0.05) is 18.7 Å². The predicted molar refractivity (Wildman–Crippen MR) is 98.7 cm³/mol. The van der Waals surface area contributed by atoms with Gasteiger partial charge in [0.2, 0.25) is 17.7 Å². The van der Waals surface area contributed by atoms with Gasteiger partial charge in [0.15, 0.2) is 0 Å². The molecule has 8 heteroatoms. The van der Waals surface area contributed by atoms with Crippen LogP contribution >= 0.6 is 11.8 Å². The summed E-state index contributed by atoms with van der Waals surface area (Å²) in [6, 6.07) is 6.23. The standard InChI is InChI=1S/C18H22N4O3S/c1-11-4-5-13(8-12(11)2)17-20-21-18(25-17)26-10-16(24)22(3)9-15(23)19-14-6-7-14/h4-5,8,14H,6-7,9-10H2,1-3H3,(H,19,23). The van der Waals surface area contributed by atoms with Crippen LogP contribution in [0.3, 0.4) is 0 Å². The van der Waals surface area contributed by atoms with Crippen LogP contribution in [0.4, 0.5) is 0 Å². The molecule has 0 spiro atoms. The highest BCUT2D eigenvalue weighted by atomic mass is 32.2. The van der Waals surface area contributed by atoms with Crippen molar-refractivity contribution in [2.45, 2.75) is 38.0 Å². The van der Waals surface area contributed by atoms with E-state index in [1.807, 2.05) is 32.0 Å². The summed E-state index contributed by atoms with van der Waals surface area (Å²) in [4.78, 5) is 25.3. The number of aromatic nitrogens is 2. The minimum atomic E-state index is -0.160. The van der Waals surface area contributed by atoms with E-state index in [9.17, 15) is 9.59 Å². The number of benzene rings is 1. The SMILES string of the molecule is Cc1ccc(-c2nnc(SCC(=O)N(C)CC(=O)NC3CC3)o2)cc1C. The van der Waals surface area contributed by atoms with E-state index in [0.717, 1.165) is 24.0 Å². The Hall–Kier alpha value is -2.35. The van der Waals surface area contributed by atoms with Crippen molar-refractivity contribution in [2.75, 3.05) is 19.3 Å². The number of nitrogens with one attached hydrogen (secondary N) is 1. The number of carbonyl (C=O) groups excluding carboxylic acids is 2. The molecule has 26 heavy (non-hydrogen) atoms. The number of aryl methyl sites for hydroxylation is 2. The number of rotatable bonds is 7. The molecule has 0 saturated heterocycles. The van der Waals surface area contributed by atoms with Crippen molar-refractivity contribution in [1.29, 1.82) is 0 Å². The van der Waals surface area contributed by atoms with Crippen molar-refractivity contribution in [3.8, 4) is 11.5 Å². The van der Waals surface area contributed by atoms with Gasteiger partial charge in [-0.25, -0.2) is 0 Å². The van der Waals surface area contributed by atoms with E-state index in [0.29, 0.717) is 17.2 Å². The van der Waals surface area contributed by atoms with E-state index < -0.39 is 0 Å². The summed E-state index contributed by atoms with van der Waals surface area (Å²) in [5, 5.41) is 11.2. The average molecular weight is 374 g/mol. The van der Waals surface area contributed by atoms with Gasteiger partial charge in [0.1, 0.15) is 0 Å². The topological polar surface area (TPSA) is 88.3 Å². The number of hydrogen-bond acceptors (Lipinski definition) is 6. The predicted octanol–water partition coefficient (Wildman–Crippen LogP) is 2.18. The summed E-state index contributed by atoms with van der Waals surface area (Å²) < 4.78 is 5.63. The number of carbonyl (C=O) groups is 2. The number of likely N-dealkylation sites (N-methyl/N-ethyl adjacent to an activating group) is 1. The average Bonchev–Trinajstić information content (AvgIpc) is 3.28. The molecule has 1 aliphatic carbocycles. The molecular formula is C18H22N4O3S. The Bertz CT molecular complexity index is 817. The van der Waals surface area contributed by atoms with Gasteiger partial charge < -0.3 is 14.6 Å². The number of amides is 2. The second-order valence-electron chi connectivity index (χ2n) is 6.55. The molecule has 1 aromatic carbocycles. The molecule has 1 aromatic heterocycles. The van der Waals surface area contributed by atoms with Crippen molar-refractivity contribution < 1.29 is 14.0 Å². The molecule has 0 aliphatic heterocycles. The van der Waals surface area contributed by atoms with Gasteiger partial charge >= 0.3 is 0 Å². The van der Waals surface area contributed by atoms with Crippen LogP contribution in [0.1, 0.15) is 24.0 Å². The molecule has 2 amide bonds. The smallest absolute Gasteiger partial charge is 0.277 e. The Morgan fingerprint density at radius 1 is 1.27 bits per heavy atom. The van der Waals surface area contributed by atoms with E-state index in [1.165, 1.54) is 22.2 Å². The monoisotopic (exact) mass is 374 g/mol. The lowest BCUT2D eigenvalue weighted by atomic mass is 10.1. The summed E-state index contributed by atoms with van der Waals surface area (Å²) in [6.45, 7) is 4.13. The fourth-order valence-corrected chi connectivity index (χ4v) is 3.00. The van der Waals surface area contributed by atoms with Gasteiger partial charge in [-0.2, -0.15) is 0 Å². The molecule has 1 saturated carbocycles. The fourth-order valence-electron chi connectivity index (χ4n) is 2.30. The number of thioether (sulfide) groups is 1. The van der Waals surface area contributed by atoms with Crippen molar-refractivity contribution in [3.63, 3.8) is 0 Å². The quantitative estimate of drug-likeness (QED) is 0.748. The molecule has 1 heterocycles. The number of nitrogens with zero attached hydrogens (tertiary/aromatic N) is 3. The Morgan fingerprint density at radius 2 is 2.04 bits per heavy atom. The summed E-state index contributed by atoms with van der Waals surface area (Å²) in [7, 11) is 1.61. The maximum absolute atomic E-state index is 12.1. The van der Waals surface area contributed by atoms with Crippen molar-refractivity contribution in [2.24, 2.45) is 0 Å². The Kier molecular flexibility index (Phi) is 5.61. The molecule has 3 rings (SSSR count). The van der Waals surface area contributed by atoms with Gasteiger partial charge in [-0.15, -0.1) is 10.2 Å². The molecule has 0 atom stereocenters. The van der Waals surface area contributed by atoms with Crippen LogP contribution in [0.15, 0.2) is 27.8 Å². The van der Waals surface area contributed by atoms with Crippen LogP contribution in [0, 0.1) is 13.8 Å². The Balaban J connectivity index is 1.51. The third-order valence-electron chi connectivity index (χ3n) is 4.23. The van der Waals surface area contributed by atoms with Gasteiger partial charge in [-0.3, -0.25) is 9.59 Å². The zero-order valence-corrected chi connectivity index (χ0v) is 15.9. The summed E-state index contributed by atoms with van der Waals surface area (Å²) >= 11 is 1.17. The minimum absolute atomic E-state index is 0.0631. The molecule has 0 radical (unpaired) electrons. The van der Waals surface area contributed by atoms with Crippen molar-refractivity contribution in [3.05, 3.63) is 29.3 Å². The zero-order chi connectivity index (χ0) is 18.7. The van der Waals surface area contributed by atoms with Crippen LogP contribution in [0.5, 0.6) is 0 Å². The van der Waals surface area contributed by atoms with Crippen molar-refractivity contribution >= 4 is 23.6 Å². The fraction of sp³-hybridized carbons (Fsp3) is 0.444.